The molecule has 0 saturated carbocycles. The summed E-state index contributed by atoms with van der Waals surface area (Å²) in [5.74, 6) is -1.78. The monoisotopic (exact) mass is 234 g/mol. The molecule has 16 heavy (non-hydrogen) atoms. The Kier molecular flexibility index (Phi) is 6.63. The van der Waals surface area contributed by atoms with E-state index in [9.17, 15) is 14.7 Å². The van der Waals surface area contributed by atoms with Crippen LogP contribution in [0.4, 0.5) is 0 Å². The van der Waals surface area contributed by atoms with Crippen molar-refractivity contribution in [1.82, 2.24) is 10.6 Å². The Hall–Kier alpha value is -1.18. The highest BCUT2D eigenvalue weighted by Gasteiger charge is 2.25. The highest BCUT2D eigenvalue weighted by Crippen LogP contribution is 1.97. The average molecular weight is 234 g/mol. The number of carboxylic acids is 1. The van der Waals surface area contributed by atoms with Gasteiger partial charge in [-0.3, -0.25) is 9.59 Å². The molecule has 0 aliphatic carbocycles. The number of hydrogen-bond donors (Lipinski definition) is 4. The van der Waals surface area contributed by atoms with Crippen LogP contribution < -0.4 is 10.6 Å². The first-order chi connectivity index (χ1) is 7.43. The molecule has 0 heterocycles. The molecular formula is C9H18N2O5. The first-order valence-electron chi connectivity index (χ1n) is 4.86. The molecule has 0 radical (unpaired) electrons. The summed E-state index contributed by atoms with van der Waals surface area (Å²) in [4.78, 5) is 22.0. The van der Waals surface area contributed by atoms with Gasteiger partial charge in [0.2, 0.25) is 0 Å². The maximum Gasteiger partial charge on any atom is 0.325 e. The average Bonchev–Trinajstić information content (AvgIpc) is 2.18. The molecule has 0 spiro atoms. The second-order valence-corrected chi connectivity index (χ2v) is 3.32. The number of likely N-dealkylation sites (N-methyl/N-ethyl adjacent to an activating group) is 2. The molecule has 0 aromatic carbocycles. The van der Waals surface area contributed by atoms with Crippen LogP contribution in [0.25, 0.3) is 0 Å². The molecule has 0 unspecified atom stereocenters. The topological polar surface area (TPSA) is 108 Å². The highest BCUT2D eigenvalue weighted by molar-refractivity contribution is 5.78. The molecule has 0 rings (SSSR count). The van der Waals surface area contributed by atoms with Crippen LogP contribution in [0, 0.1) is 0 Å². The zero-order chi connectivity index (χ0) is 12.7. The predicted octanol–water partition coefficient (Wildman–Crippen LogP) is -1.83. The number of carboxylic acid groups (broad SMARTS) is 1. The molecule has 94 valence electrons. The van der Waals surface area contributed by atoms with Crippen LogP contribution in [-0.4, -0.2) is 61.0 Å². The van der Waals surface area contributed by atoms with Gasteiger partial charge in [-0.15, -0.1) is 0 Å². The Bertz CT molecular complexity index is 244. The quantitative estimate of drug-likeness (QED) is 0.384. The van der Waals surface area contributed by atoms with Crippen molar-refractivity contribution in [2.24, 2.45) is 0 Å². The molecule has 0 aromatic heterocycles. The van der Waals surface area contributed by atoms with Crippen molar-refractivity contribution in [2.45, 2.75) is 25.1 Å². The third-order valence-corrected chi connectivity index (χ3v) is 2.09. The number of carbonyl (C=O) groups excluding carboxylic acids is 1. The Morgan fingerprint density at radius 2 is 1.88 bits per heavy atom. The van der Waals surface area contributed by atoms with Crippen LogP contribution in [0.15, 0.2) is 0 Å². The van der Waals surface area contributed by atoms with Gasteiger partial charge in [0, 0.05) is 0 Å². The van der Waals surface area contributed by atoms with Gasteiger partial charge in [-0.2, -0.15) is 0 Å². The van der Waals surface area contributed by atoms with Crippen LogP contribution in [0.1, 0.15) is 6.92 Å². The normalized spacial score (nSPS) is 16.2. The Labute approximate surface area is 93.8 Å². The highest BCUT2D eigenvalue weighted by atomic mass is 16.5. The van der Waals surface area contributed by atoms with Gasteiger partial charge in [-0.05, 0) is 21.0 Å². The molecule has 0 aliphatic rings. The van der Waals surface area contributed by atoms with Crippen LogP contribution in [0.2, 0.25) is 0 Å². The van der Waals surface area contributed by atoms with Gasteiger partial charge in [-0.25, -0.2) is 0 Å². The van der Waals surface area contributed by atoms with E-state index in [4.69, 9.17) is 9.84 Å². The van der Waals surface area contributed by atoms with E-state index in [-0.39, 0.29) is 6.61 Å². The number of aliphatic hydroxyl groups is 1. The lowest BCUT2D eigenvalue weighted by Crippen LogP contribution is -2.46. The smallest absolute Gasteiger partial charge is 0.325 e. The maximum absolute atomic E-state index is 11.4. The summed E-state index contributed by atoms with van der Waals surface area (Å²) in [6, 6.07) is -1.80. The lowest BCUT2D eigenvalue weighted by atomic mass is 10.2. The van der Waals surface area contributed by atoms with Crippen LogP contribution in [-0.2, 0) is 14.3 Å². The van der Waals surface area contributed by atoms with Crippen LogP contribution >= 0.6 is 0 Å². The third-order valence-electron chi connectivity index (χ3n) is 2.09. The molecular weight excluding hydrogens is 216 g/mol. The molecule has 0 amide bonds. The largest absolute Gasteiger partial charge is 0.480 e. The minimum absolute atomic E-state index is 0.282. The summed E-state index contributed by atoms with van der Waals surface area (Å²) >= 11 is 0. The lowest BCUT2D eigenvalue weighted by molar-refractivity contribution is -0.152. The second kappa shape index (κ2) is 7.15. The Morgan fingerprint density at radius 1 is 1.31 bits per heavy atom. The predicted molar refractivity (Wildman–Crippen MR) is 56.0 cm³/mol. The van der Waals surface area contributed by atoms with E-state index in [1.807, 2.05) is 0 Å². The molecule has 4 N–H and O–H groups in total. The number of ether oxygens (including phenoxy) is 1. The minimum atomic E-state index is -1.10. The summed E-state index contributed by atoms with van der Waals surface area (Å²) in [5.41, 5.74) is 0. The van der Waals surface area contributed by atoms with Crippen LogP contribution in [0.3, 0.4) is 0 Å². The SMILES string of the molecule is CN[C@@H](COC(=O)[C@@H](NC)[C@@H](C)O)C(=O)O. The summed E-state index contributed by atoms with van der Waals surface area (Å²) in [6.07, 6.45) is -0.907. The van der Waals surface area contributed by atoms with Gasteiger partial charge in [0.25, 0.3) is 0 Å². The number of aliphatic hydroxyl groups excluding tert-OH is 1. The van der Waals surface area contributed by atoms with E-state index in [0.29, 0.717) is 0 Å². The zero-order valence-corrected chi connectivity index (χ0v) is 9.56. The van der Waals surface area contributed by atoms with Crippen molar-refractivity contribution in [1.29, 1.82) is 0 Å². The molecule has 0 saturated heterocycles. The number of esters is 1. The molecule has 0 aromatic rings. The first-order valence-corrected chi connectivity index (χ1v) is 4.86. The van der Waals surface area contributed by atoms with E-state index in [2.05, 4.69) is 10.6 Å². The fourth-order valence-electron chi connectivity index (χ4n) is 1.09. The van der Waals surface area contributed by atoms with E-state index >= 15 is 0 Å². The summed E-state index contributed by atoms with van der Waals surface area (Å²) in [5, 5.41) is 23.0. The van der Waals surface area contributed by atoms with E-state index < -0.39 is 30.1 Å². The Morgan fingerprint density at radius 3 is 2.19 bits per heavy atom. The molecule has 0 fully saturated rings. The summed E-state index contributed by atoms with van der Waals surface area (Å²) in [6.45, 7) is 1.16. The number of nitrogens with one attached hydrogen (secondary N) is 2. The van der Waals surface area contributed by atoms with Gasteiger partial charge in [0.15, 0.2) is 0 Å². The van der Waals surface area contributed by atoms with Crippen molar-refractivity contribution in [3.05, 3.63) is 0 Å². The van der Waals surface area contributed by atoms with Gasteiger partial charge in [0.1, 0.15) is 18.7 Å². The zero-order valence-electron chi connectivity index (χ0n) is 9.56. The molecule has 3 atom stereocenters. The molecule has 7 heteroatoms. The van der Waals surface area contributed by atoms with E-state index in [1.165, 1.54) is 21.0 Å². The van der Waals surface area contributed by atoms with Gasteiger partial charge < -0.3 is 25.6 Å². The van der Waals surface area contributed by atoms with Crippen molar-refractivity contribution in [3.8, 4) is 0 Å². The van der Waals surface area contributed by atoms with Crippen molar-refractivity contribution in [2.75, 3.05) is 20.7 Å². The minimum Gasteiger partial charge on any atom is -0.480 e. The van der Waals surface area contributed by atoms with Crippen molar-refractivity contribution >= 4 is 11.9 Å². The number of carbonyl (C=O) groups is 2. The fourth-order valence-corrected chi connectivity index (χ4v) is 1.09. The fraction of sp³-hybridized carbons (Fsp3) is 0.778. The summed E-state index contributed by atoms with van der Waals surface area (Å²) in [7, 11) is 2.96. The maximum atomic E-state index is 11.4. The van der Waals surface area contributed by atoms with Crippen molar-refractivity contribution < 1.29 is 24.5 Å². The van der Waals surface area contributed by atoms with E-state index in [1.54, 1.807) is 0 Å². The van der Waals surface area contributed by atoms with E-state index in [0.717, 1.165) is 0 Å². The number of aliphatic carboxylic acids is 1. The first kappa shape index (κ1) is 14.8. The Balaban J connectivity index is 4.19. The van der Waals surface area contributed by atoms with Crippen LogP contribution in [0.5, 0.6) is 0 Å². The third kappa shape index (κ3) is 4.56. The molecule has 7 nitrogen and oxygen atoms in total. The standard InChI is InChI=1S/C9H18N2O5/c1-5(12)7(11-3)9(15)16-4-6(10-2)8(13)14/h5-7,10-12H,4H2,1-3H3,(H,13,14)/t5-,6+,7+/m1/s1. The molecule has 0 aliphatic heterocycles. The van der Waals surface area contributed by atoms with Gasteiger partial charge >= 0.3 is 11.9 Å². The summed E-state index contributed by atoms with van der Waals surface area (Å²) < 4.78 is 4.77. The molecule has 0 bridgehead atoms. The van der Waals surface area contributed by atoms with Crippen molar-refractivity contribution in [3.63, 3.8) is 0 Å². The number of rotatable bonds is 7. The van der Waals surface area contributed by atoms with Gasteiger partial charge in [-0.1, -0.05) is 0 Å². The lowest BCUT2D eigenvalue weighted by Gasteiger charge is -2.19. The second-order valence-electron chi connectivity index (χ2n) is 3.32. The number of hydrogen-bond acceptors (Lipinski definition) is 6. The van der Waals surface area contributed by atoms with Gasteiger partial charge in [0.05, 0.1) is 6.10 Å².